The van der Waals surface area contributed by atoms with Crippen LogP contribution >= 0.6 is 0 Å². The second kappa shape index (κ2) is 8.11. The summed E-state index contributed by atoms with van der Waals surface area (Å²) in [4.78, 5) is 13.0. The van der Waals surface area contributed by atoms with Crippen molar-refractivity contribution < 1.29 is 14.4 Å². The number of para-hydroxylation sites is 2. The van der Waals surface area contributed by atoms with Gasteiger partial charge in [0.15, 0.2) is 6.54 Å². The van der Waals surface area contributed by atoms with Crippen LogP contribution < -0.4 is 15.0 Å². The van der Waals surface area contributed by atoms with Crippen LogP contribution in [-0.4, -0.2) is 32.7 Å². The summed E-state index contributed by atoms with van der Waals surface area (Å²) < 4.78 is 5.18. The van der Waals surface area contributed by atoms with Crippen molar-refractivity contribution in [3.05, 3.63) is 24.3 Å². The van der Waals surface area contributed by atoms with Gasteiger partial charge in [-0.05, 0) is 19.1 Å². The monoisotopic (exact) mass is 262 g/mol. The van der Waals surface area contributed by atoms with E-state index in [1.807, 2.05) is 19.1 Å². The highest BCUT2D eigenvalue weighted by atomic mass is 16.5. The Morgan fingerprint density at radius 2 is 2.21 bits per heavy atom. The first-order valence-electron chi connectivity index (χ1n) is 6.34. The smallest absolute Gasteiger partial charge is 0.279 e. The fourth-order valence-corrected chi connectivity index (χ4v) is 1.79. The molecule has 0 aromatic heterocycles. The molecule has 0 aliphatic heterocycles. The van der Waals surface area contributed by atoms with Gasteiger partial charge in [0, 0.05) is 0 Å². The number of rotatable bonds is 7. The number of anilines is 1. The van der Waals surface area contributed by atoms with Gasteiger partial charge in [-0.3, -0.25) is 4.79 Å². The topological polar surface area (TPSA) is 66.6 Å². The molecule has 0 spiro atoms. The Kier molecular flexibility index (Phi) is 6.41. The molecule has 1 amide bonds. The van der Waals surface area contributed by atoms with Gasteiger partial charge in [0.05, 0.1) is 38.4 Å². The van der Waals surface area contributed by atoms with Gasteiger partial charge in [0.25, 0.3) is 5.91 Å². The van der Waals surface area contributed by atoms with Crippen molar-refractivity contribution in [2.24, 2.45) is 0 Å². The number of carbonyl (C=O) groups is 1. The summed E-state index contributed by atoms with van der Waals surface area (Å²) in [7, 11) is 1.57. The van der Waals surface area contributed by atoms with E-state index in [1.54, 1.807) is 19.2 Å². The molecule has 5 nitrogen and oxygen atoms in total. The van der Waals surface area contributed by atoms with E-state index in [0.29, 0.717) is 30.9 Å². The van der Waals surface area contributed by atoms with Crippen molar-refractivity contribution in [3.8, 4) is 11.8 Å². The lowest BCUT2D eigenvalue weighted by Crippen LogP contribution is -3.12. The summed E-state index contributed by atoms with van der Waals surface area (Å²) in [6.45, 7) is 3.87. The van der Waals surface area contributed by atoms with Crippen molar-refractivity contribution in [3.63, 3.8) is 0 Å². The number of benzene rings is 1. The molecule has 0 fully saturated rings. The van der Waals surface area contributed by atoms with Crippen LogP contribution in [0.25, 0.3) is 0 Å². The van der Waals surface area contributed by atoms with Crippen molar-refractivity contribution in [1.29, 1.82) is 5.26 Å². The highest BCUT2D eigenvalue weighted by Gasteiger charge is 2.13. The normalized spacial score (nSPS) is 11.4. The largest absolute Gasteiger partial charge is 0.495 e. The fraction of sp³-hybridized carbons (Fsp3) is 0.429. The molecule has 0 saturated carbocycles. The Bertz CT molecular complexity index is 454. The average Bonchev–Trinajstić information content (AvgIpc) is 2.44. The van der Waals surface area contributed by atoms with E-state index in [-0.39, 0.29) is 5.91 Å². The Labute approximate surface area is 113 Å². The van der Waals surface area contributed by atoms with E-state index in [1.165, 1.54) is 0 Å². The van der Waals surface area contributed by atoms with E-state index in [2.05, 4.69) is 11.4 Å². The highest BCUT2D eigenvalue weighted by Crippen LogP contribution is 2.22. The van der Waals surface area contributed by atoms with Crippen molar-refractivity contribution in [2.75, 3.05) is 32.1 Å². The quantitative estimate of drug-likeness (QED) is 0.750. The number of amides is 1. The minimum Gasteiger partial charge on any atom is -0.495 e. The number of methoxy groups -OCH3 is 1. The first kappa shape index (κ1) is 15.0. The molecule has 1 aromatic rings. The summed E-state index contributed by atoms with van der Waals surface area (Å²) in [5.41, 5.74) is 0.672. The SMILES string of the molecule is CC[NH+](CCC#N)CC(=O)Nc1ccccc1OC. The molecule has 102 valence electrons. The summed E-state index contributed by atoms with van der Waals surface area (Å²) in [6.07, 6.45) is 0.463. The number of likely N-dealkylation sites (N-methyl/N-ethyl adjacent to an activating group) is 1. The summed E-state index contributed by atoms with van der Waals surface area (Å²) in [6, 6.07) is 9.40. The number of hydrogen-bond donors (Lipinski definition) is 2. The number of carbonyl (C=O) groups excluding carboxylic acids is 1. The van der Waals surface area contributed by atoms with Crippen LogP contribution in [0, 0.1) is 11.3 Å². The van der Waals surface area contributed by atoms with Crippen LogP contribution in [0.3, 0.4) is 0 Å². The molecule has 0 aliphatic carbocycles. The zero-order chi connectivity index (χ0) is 14.1. The fourth-order valence-electron chi connectivity index (χ4n) is 1.79. The maximum Gasteiger partial charge on any atom is 0.279 e. The maximum absolute atomic E-state index is 11.9. The molecule has 1 aromatic carbocycles. The third kappa shape index (κ3) is 4.98. The first-order chi connectivity index (χ1) is 9.21. The van der Waals surface area contributed by atoms with Crippen LogP contribution in [0.1, 0.15) is 13.3 Å². The molecule has 1 atom stereocenters. The van der Waals surface area contributed by atoms with E-state index in [4.69, 9.17) is 10.00 Å². The lowest BCUT2D eigenvalue weighted by Gasteiger charge is -2.16. The lowest BCUT2D eigenvalue weighted by molar-refractivity contribution is -0.889. The molecular formula is C14H20N3O2+. The molecule has 2 N–H and O–H groups in total. The van der Waals surface area contributed by atoms with Gasteiger partial charge in [-0.15, -0.1) is 0 Å². The lowest BCUT2D eigenvalue weighted by atomic mass is 10.3. The third-order valence-electron chi connectivity index (χ3n) is 2.88. The molecule has 5 heteroatoms. The van der Waals surface area contributed by atoms with Crippen LogP contribution in [-0.2, 0) is 4.79 Å². The van der Waals surface area contributed by atoms with Gasteiger partial charge in [-0.2, -0.15) is 5.26 Å². The van der Waals surface area contributed by atoms with Crippen molar-refractivity contribution >= 4 is 11.6 Å². The number of hydrogen-bond acceptors (Lipinski definition) is 3. The summed E-state index contributed by atoms with van der Waals surface area (Å²) in [5, 5.41) is 11.4. The molecule has 0 heterocycles. The van der Waals surface area contributed by atoms with Gasteiger partial charge >= 0.3 is 0 Å². The first-order valence-corrected chi connectivity index (χ1v) is 6.34. The number of nitriles is 1. The number of nitrogens with one attached hydrogen (secondary N) is 2. The average molecular weight is 262 g/mol. The van der Waals surface area contributed by atoms with Crippen LogP contribution in [0.15, 0.2) is 24.3 Å². The van der Waals surface area contributed by atoms with E-state index < -0.39 is 0 Å². The number of nitrogens with zero attached hydrogens (tertiary/aromatic N) is 1. The van der Waals surface area contributed by atoms with E-state index >= 15 is 0 Å². The minimum atomic E-state index is -0.0701. The summed E-state index contributed by atoms with van der Waals surface area (Å²) >= 11 is 0. The third-order valence-corrected chi connectivity index (χ3v) is 2.88. The number of quaternary nitrogens is 1. The van der Waals surface area contributed by atoms with Gasteiger partial charge in [-0.1, -0.05) is 12.1 Å². The standard InChI is InChI=1S/C14H19N3O2/c1-3-17(10-6-9-15)11-14(18)16-12-7-4-5-8-13(12)19-2/h4-5,7-8H,3,6,10-11H2,1-2H3,(H,16,18)/p+1. The van der Waals surface area contributed by atoms with Crippen LogP contribution in [0.5, 0.6) is 5.75 Å². The molecule has 0 aliphatic rings. The Morgan fingerprint density at radius 1 is 1.47 bits per heavy atom. The summed E-state index contributed by atoms with van der Waals surface area (Å²) in [5.74, 6) is 0.574. The second-order valence-electron chi connectivity index (χ2n) is 4.19. The molecule has 0 saturated heterocycles. The van der Waals surface area contributed by atoms with E-state index in [0.717, 1.165) is 11.4 Å². The predicted octanol–water partition coefficient (Wildman–Crippen LogP) is 0.452. The predicted molar refractivity (Wildman–Crippen MR) is 73.1 cm³/mol. The molecule has 0 bridgehead atoms. The van der Waals surface area contributed by atoms with E-state index in [9.17, 15) is 4.79 Å². The number of ether oxygens (including phenoxy) is 1. The maximum atomic E-state index is 11.9. The molecule has 1 rings (SSSR count). The van der Waals surface area contributed by atoms with Crippen LogP contribution in [0.4, 0.5) is 5.69 Å². The van der Waals surface area contributed by atoms with Crippen molar-refractivity contribution in [2.45, 2.75) is 13.3 Å². The van der Waals surface area contributed by atoms with Gasteiger partial charge < -0.3 is 15.0 Å². The highest BCUT2D eigenvalue weighted by molar-refractivity contribution is 5.92. The van der Waals surface area contributed by atoms with Gasteiger partial charge in [-0.25, -0.2) is 0 Å². The molecular weight excluding hydrogens is 242 g/mol. The zero-order valence-electron chi connectivity index (χ0n) is 11.4. The second-order valence-corrected chi connectivity index (χ2v) is 4.19. The molecule has 1 unspecified atom stereocenters. The van der Waals surface area contributed by atoms with Gasteiger partial charge in [0.1, 0.15) is 5.75 Å². The molecule has 0 radical (unpaired) electrons. The Hall–Kier alpha value is -2.06. The zero-order valence-corrected chi connectivity index (χ0v) is 11.4. The Morgan fingerprint density at radius 3 is 2.84 bits per heavy atom. The van der Waals surface area contributed by atoms with Gasteiger partial charge in [0.2, 0.25) is 0 Å². The van der Waals surface area contributed by atoms with Crippen molar-refractivity contribution in [1.82, 2.24) is 0 Å². The minimum absolute atomic E-state index is 0.0701. The Balaban J connectivity index is 2.57. The molecule has 19 heavy (non-hydrogen) atoms. The van der Waals surface area contributed by atoms with Crippen LogP contribution in [0.2, 0.25) is 0 Å².